The van der Waals surface area contributed by atoms with Gasteiger partial charge in [0.15, 0.2) is 0 Å². The first-order valence-corrected chi connectivity index (χ1v) is 6.76. The Morgan fingerprint density at radius 1 is 1.18 bits per heavy atom. The summed E-state index contributed by atoms with van der Waals surface area (Å²) in [5.41, 5.74) is 1.55. The molecule has 17 heavy (non-hydrogen) atoms. The minimum absolute atomic E-state index is 0.188. The Morgan fingerprint density at radius 2 is 1.88 bits per heavy atom. The summed E-state index contributed by atoms with van der Waals surface area (Å²) < 4.78 is 0. The van der Waals surface area contributed by atoms with Crippen LogP contribution in [0, 0.1) is 0 Å². The standard InChI is InChI=1S/C15H21NO/c1-15(12-6-8-14(17)9-7-12)10-2-4-13-5-3-11-16(13)15/h6-9,13,17H,2-5,10-11H2,1H3/t13-,15+/m1/s1. The van der Waals surface area contributed by atoms with Crippen LogP contribution < -0.4 is 0 Å². The van der Waals surface area contributed by atoms with Gasteiger partial charge in [-0.3, -0.25) is 4.90 Å². The number of phenols is 1. The van der Waals surface area contributed by atoms with E-state index in [1.807, 2.05) is 12.1 Å². The van der Waals surface area contributed by atoms with Crippen molar-refractivity contribution in [3.05, 3.63) is 29.8 Å². The quantitative estimate of drug-likeness (QED) is 0.802. The number of fused-ring (bicyclic) bond motifs is 1. The molecule has 0 saturated carbocycles. The van der Waals surface area contributed by atoms with Crippen LogP contribution in [0.1, 0.15) is 44.6 Å². The molecule has 2 aliphatic heterocycles. The van der Waals surface area contributed by atoms with Gasteiger partial charge in [0.25, 0.3) is 0 Å². The molecule has 0 spiro atoms. The molecule has 2 nitrogen and oxygen atoms in total. The minimum atomic E-state index is 0.188. The van der Waals surface area contributed by atoms with Crippen LogP contribution in [0.5, 0.6) is 5.75 Å². The molecule has 2 aliphatic rings. The van der Waals surface area contributed by atoms with E-state index in [-0.39, 0.29) is 5.54 Å². The van der Waals surface area contributed by atoms with Crippen LogP contribution in [-0.2, 0) is 5.54 Å². The largest absolute Gasteiger partial charge is 0.508 e. The van der Waals surface area contributed by atoms with Gasteiger partial charge < -0.3 is 5.11 Å². The molecule has 0 aromatic heterocycles. The van der Waals surface area contributed by atoms with Crippen molar-refractivity contribution in [3.63, 3.8) is 0 Å². The zero-order chi connectivity index (χ0) is 11.9. The second-order valence-electron chi connectivity index (χ2n) is 5.70. The van der Waals surface area contributed by atoms with Gasteiger partial charge in [-0.05, 0) is 63.3 Å². The minimum Gasteiger partial charge on any atom is -0.508 e. The normalized spacial score (nSPS) is 33.6. The first-order valence-electron chi connectivity index (χ1n) is 6.76. The number of phenolic OH excluding ortho intramolecular Hbond substituents is 1. The molecule has 2 heterocycles. The van der Waals surface area contributed by atoms with E-state index in [2.05, 4.69) is 24.0 Å². The number of nitrogens with zero attached hydrogens (tertiary/aromatic N) is 1. The van der Waals surface area contributed by atoms with Crippen molar-refractivity contribution in [1.29, 1.82) is 0 Å². The summed E-state index contributed by atoms with van der Waals surface area (Å²) in [6.45, 7) is 3.61. The molecule has 0 unspecified atom stereocenters. The summed E-state index contributed by atoms with van der Waals surface area (Å²) in [5, 5.41) is 9.41. The van der Waals surface area contributed by atoms with Crippen molar-refractivity contribution in [1.82, 2.24) is 4.90 Å². The van der Waals surface area contributed by atoms with Crippen molar-refractivity contribution in [2.75, 3.05) is 6.54 Å². The molecule has 92 valence electrons. The van der Waals surface area contributed by atoms with Crippen LogP contribution in [0.25, 0.3) is 0 Å². The lowest BCUT2D eigenvalue weighted by Gasteiger charge is -2.47. The first-order chi connectivity index (χ1) is 8.20. The van der Waals surface area contributed by atoms with Gasteiger partial charge in [-0.15, -0.1) is 0 Å². The third kappa shape index (κ3) is 1.75. The maximum atomic E-state index is 9.41. The number of piperidine rings is 1. The molecule has 0 amide bonds. The van der Waals surface area contributed by atoms with Crippen LogP contribution in [0.4, 0.5) is 0 Å². The van der Waals surface area contributed by atoms with Crippen LogP contribution in [0.3, 0.4) is 0 Å². The lowest BCUT2D eigenvalue weighted by Crippen LogP contribution is -2.49. The Balaban J connectivity index is 1.95. The fourth-order valence-corrected chi connectivity index (χ4v) is 3.74. The first kappa shape index (κ1) is 11.1. The fourth-order valence-electron chi connectivity index (χ4n) is 3.74. The lowest BCUT2D eigenvalue weighted by molar-refractivity contribution is 0.0393. The topological polar surface area (TPSA) is 23.5 Å². The summed E-state index contributed by atoms with van der Waals surface area (Å²) in [4.78, 5) is 2.70. The van der Waals surface area contributed by atoms with Gasteiger partial charge in [0.2, 0.25) is 0 Å². The number of rotatable bonds is 1. The third-order valence-electron chi connectivity index (χ3n) is 4.70. The summed E-state index contributed by atoms with van der Waals surface area (Å²) >= 11 is 0. The van der Waals surface area contributed by atoms with E-state index in [9.17, 15) is 5.11 Å². The number of hydrogen-bond acceptors (Lipinski definition) is 2. The van der Waals surface area contributed by atoms with E-state index in [1.54, 1.807) is 0 Å². The Hall–Kier alpha value is -1.02. The average molecular weight is 231 g/mol. The number of benzene rings is 1. The van der Waals surface area contributed by atoms with Crippen LogP contribution in [-0.4, -0.2) is 22.6 Å². The molecular formula is C15H21NO. The van der Waals surface area contributed by atoms with Gasteiger partial charge in [-0.2, -0.15) is 0 Å². The van der Waals surface area contributed by atoms with Gasteiger partial charge in [0.1, 0.15) is 5.75 Å². The van der Waals surface area contributed by atoms with Crippen molar-refractivity contribution in [2.45, 2.75) is 50.6 Å². The predicted octanol–water partition coefficient (Wildman–Crippen LogP) is 3.26. The van der Waals surface area contributed by atoms with E-state index in [0.29, 0.717) is 5.75 Å². The summed E-state index contributed by atoms with van der Waals surface area (Å²) in [6.07, 6.45) is 6.66. The van der Waals surface area contributed by atoms with Gasteiger partial charge in [0, 0.05) is 11.6 Å². The van der Waals surface area contributed by atoms with Crippen LogP contribution >= 0.6 is 0 Å². The Kier molecular flexibility index (Phi) is 2.62. The smallest absolute Gasteiger partial charge is 0.115 e. The fraction of sp³-hybridized carbons (Fsp3) is 0.600. The highest BCUT2D eigenvalue weighted by atomic mass is 16.3. The van der Waals surface area contributed by atoms with Gasteiger partial charge >= 0.3 is 0 Å². The molecular weight excluding hydrogens is 210 g/mol. The molecule has 2 atom stereocenters. The second kappa shape index (κ2) is 4.02. The van der Waals surface area contributed by atoms with Crippen molar-refractivity contribution < 1.29 is 5.11 Å². The molecule has 2 fully saturated rings. The molecule has 3 rings (SSSR count). The highest BCUT2D eigenvalue weighted by Crippen LogP contribution is 2.44. The maximum absolute atomic E-state index is 9.41. The molecule has 2 heteroatoms. The Bertz CT molecular complexity index is 400. The van der Waals surface area contributed by atoms with Crippen molar-refractivity contribution in [3.8, 4) is 5.75 Å². The van der Waals surface area contributed by atoms with Gasteiger partial charge in [-0.1, -0.05) is 12.1 Å². The van der Waals surface area contributed by atoms with Gasteiger partial charge in [-0.25, -0.2) is 0 Å². The van der Waals surface area contributed by atoms with Crippen molar-refractivity contribution in [2.24, 2.45) is 0 Å². The summed E-state index contributed by atoms with van der Waals surface area (Å²) in [6, 6.07) is 8.62. The molecule has 0 aliphatic carbocycles. The van der Waals surface area contributed by atoms with E-state index >= 15 is 0 Å². The number of hydrogen-bond donors (Lipinski definition) is 1. The monoisotopic (exact) mass is 231 g/mol. The molecule has 0 bridgehead atoms. The number of aromatic hydroxyl groups is 1. The zero-order valence-electron chi connectivity index (χ0n) is 10.5. The Morgan fingerprint density at radius 3 is 2.65 bits per heavy atom. The van der Waals surface area contributed by atoms with E-state index in [4.69, 9.17) is 0 Å². The summed E-state index contributed by atoms with van der Waals surface area (Å²) in [7, 11) is 0. The third-order valence-corrected chi connectivity index (χ3v) is 4.70. The lowest BCUT2D eigenvalue weighted by atomic mass is 9.80. The zero-order valence-corrected chi connectivity index (χ0v) is 10.5. The van der Waals surface area contributed by atoms with E-state index < -0.39 is 0 Å². The maximum Gasteiger partial charge on any atom is 0.115 e. The van der Waals surface area contributed by atoms with Crippen LogP contribution in [0.15, 0.2) is 24.3 Å². The predicted molar refractivity (Wildman–Crippen MR) is 69.0 cm³/mol. The average Bonchev–Trinajstić information content (AvgIpc) is 2.80. The Labute approximate surface area is 103 Å². The molecule has 2 saturated heterocycles. The summed E-state index contributed by atoms with van der Waals surface area (Å²) in [5.74, 6) is 0.367. The molecule has 1 aromatic rings. The highest BCUT2D eigenvalue weighted by molar-refractivity contribution is 5.31. The van der Waals surface area contributed by atoms with Gasteiger partial charge in [0.05, 0.1) is 0 Å². The SMILES string of the molecule is C[C@@]1(c2ccc(O)cc2)CCC[C@@H]2CCCN21. The van der Waals surface area contributed by atoms with E-state index in [1.165, 1.54) is 44.2 Å². The molecule has 1 aromatic carbocycles. The van der Waals surface area contributed by atoms with E-state index in [0.717, 1.165) is 6.04 Å². The highest BCUT2D eigenvalue weighted by Gasteiger charge is 2.42. The molecule has 0 radical (unpaired) electrons. The second-order valence-corrected chi connectivity index (χ2v) is 5.70. The van der Waals surface area contributed by atoms with Crippen LogP contribution in [0.2, 0.25) is 0 Å². The van der Waals surface area contributed by atoms with Crippen molar-refractivity contribution >= 4 is 0 Å². The molecule has 1 N–H and O–H groups in total.